The number of carbonyl (C=O) groups excluding carboxylic acids is 2. The summed E-state index contributed by atoms with van der Waals surface area (Å²) in [6, 6.07) is 8.62. The van der Waals surface area contributed by atoms with Gasteiger partial charge in [0.25, 0.3) is 5.56 Å². The monoisotopic (exact) mass is 413 g/mol. The number of hydrogen-bond acceptors (Lipinski definition) is 6. The smallest absolute Gasteiger partial charge is 0.309 e. The molecule has 2 heterocycles. The molecule has 1 amide bonds. The number of rotatable bonds is 6. The molecule has 1 aromatic carbocycles. The van der Waals surface area contributed by atoms with Crippen LogP contribution in [-0.4, -0.2) is 53.1 Å². The summed E-state index contributed by atoms with van der Waals surface area (Å²) in [5.41, 5.74) is 1.04. The summed E-state index contributed by atoms with van der Waals surface area (Å²) in [5.74, 6) is 0.594. The number of esters is 1. The fourth-order valence-electron chi connectivity index (χ4n) is 3.59. The van der Waals surface area contributed by atoms with Crippen LogP contribution in [0.3, 0.4) is 0 Å². The maximum Gasteiger partial charge on any atom is 0.309 e. The lowest BCUT2D eigenvalue weighted by molar-refractivity contribution is -0.151. The number of piperidine rings is 1. The second-order valence-electron chi connectivity index (χ2n) is 7.28. The Hall–Kier alpha value is -3.16. The maximum atomic E-state index is 12.9. The number of hydrogen-bond donors (Lipinski definition) is 0. The van der Waals surface area contributed by atoms with Gasteiger partial charge in [-0.2, -0.15) is 0 Å². The quantitative estimate of drug-likeness (QED) is 0.673. The molecule has 2 aromatic rings. The van der Waals surface area contributed by atoms with Gasteiger partial charge in [-0.15, -0.1) is 0 Å². The number of likely N-dealkylation sites (tertiary alicyclic amines) is 1. The van der Waals surface area contributed by atoms with Crippen molar-refractivity contribution in [3.8, 4) is 17.1 Å². The van der Waals surface area contributed by atoms with Crippen LogP contribution in [0.2, 0.25) is 0 Å². The third kappa shape index (κ3) is 4.87. The molecule has 0 atom stereocenters. The predicted octanol–water partition coefficient (Wildman–Crippen LogP) is 2.03. The van der Waals surface area contributed by atoms with Gasteiger partial charge in [0.2, 0.25) is 5.91 Å². The van der Waals surface area contributed by atoms with Gasteiger partial charge in [-0.25, -0.2) is 4.98 Å². The van der Waals surface area contributed by atoms with Crippen LogP contribution in [0.15, 0.2) is 35.1 Å². The zero-order chi connectivity index (χ0) is 21.7. The van der Waals surface area contributed by atoms with Crippen molar-refractivity contribution in [2.75, 3.05) is 26.8 Å². The Morgan fingerprint density at radius 1 is 1.17 bits per heavy atom. The zero-order valence-corrected chi connectivity index (χ0v) is 17.6. The Labute approximate surface area is 175 Å². The summed E-state index contributed by atoms with van der Waals surface area (Å²) < 4.78 is 11.7. The summed E-state index contributed by atoms with van der Waals surface area (Å²) in [7, 11) is 1.58. The molecule has 8 nitrogen and oxygen atoms in total. The highest BCUT2D eigenvalue weighted by atomic mass is 16.5. The first kappa shape index (κ1) is 21.5. The molecule has 0 unspecified atom stereocenters. The molecule has 3 rings (SSSR count). The maximum absolute atomic E-state index is 12.9. The number of benzene rings is 1. The molecular formula is C22H27N3O5. The Balaban J connectivity index is 1.77. The van der Waals surface area contributed by atoms with Crippen molar-refractivity contribution in [1.29, 1.82) is 0 Å². The van der Waals surface area contributed by atoms with E-state index in [4.69, 9.17) is 9.47 Å². The van der Waals surface area contributed by atoms with E-state index in [0.29, 0.717) is 49.8 Å². The van der Waals surface area contributed by atoms with E-state index in [-0.39, 0.29) is 29.9 Å². The van der Waals surface area contributed by atoms with Gasteiger partial charge in [-0.05, 0) is 51.0 Å². The summed E-state index contributed by atoms with van der Waals surface area (Å²) in [4.78, 5) is 43.6. The normalized spacial score (nSPS) is 14.4. The third-order valence-electron chi connectivity index (χ3n) is 5.25. The minimum Gasteiger partial charge on any atom is -0.497 e. The van der Waals surface area contributed by atoms with Crippen LogP contribution in [0, 0.1) is 12.8 Å². The molecule has 160 valence electrons. The summed E-state index contributed by atoms with van der Waals surface area (Å²) in [6.07, 6.45) is 1.13. The number of methoxy groups -OCH3 is 1. The van der Waals surface area contributed by atoms with Crippen LogP contribution < -0.4 is 10.3 Å². The molecule has 1 saturated heterocycles. The van der Waals surface area contributed by atoms with E-state index in [2.05, 4.69) is 4.98 Å². The van der Waals surface area contributed by atoms with Gasteiger partial charge in [0.15, 0.2) is 0 Å². The molecule has 0 saturated carbocycles. The molecule has 1 fully saturated rings. The van der Waals surface area contributed by atoms with E-state index in [0.717, 1.165) is 5.56 Å². The van der Waals surface area contributed by atoms with Gasteiger partial charge in [-0.1, -0.05) is 0 Å². The molecule has 0 spiro atoms. The Morgan fingerprint density at radius 3 is 2.43 bits per heavy atom. The highest BCUT2D eigenvalue weighted by Crippen LogP contribution is 2.22. The van der Waals surface area contributed by atoms with Crippen molar-refractivity contribution in [3.63, 3.8) is 0 Å². The number of aromatic nitrogens is 2. The van der Waals surface area contributed by atoms with Crippen molar-refractivity contribution >= 4 is 11.9 Å². The van der Waals surface area contributed by atoms with Crippen molar-refractivity contribution in [2.45, 2.75) is 33.2 Å². The van der Waals surface area contributed by atoms with Gasteiger partial charge < -0.3 is 14.4 Å². The first-order valence-corrected chi connectivity index (χ1v) is 10.1. The van der Waals surface area contributed by atoms with Crippen molar-refractivity contribution in [2.24, 2.45) is 5.92 Å². The summed E-state index contributed by atoms with van der Waals surface area (Å²) in [6.45, 7) is 4.72. The van der Waals surface area contributed by atoms with Crippen LogP contribution in [0.25, 0.3) is 11.4 Å². The van der Waals surface area contributed by atoms with E-state index in [9.17, 15) is 14.4 Å². The summed E-state index contributed by atoms with van der Waals surface area (Å²) >= 11 is 0. The van der Waals surface area contributed by atoms with Gasteiger partial charge in [0.1, 0.15) is 18.1 Å². The highest BCUT2D eigenvalue weighted by Gasteiger charge is 2.28. The molecule has 30 heavy (non-hydrogen) atoms. The number of ether oxygens (including phenoxy) is 2. The van der Waals surface area contributed by atoms with Gasteiger partial charge in [0.05, 0.1) is 19.6 Å². The highest BCUT2D eigenvalue weighted by molar-refractivity contribution is 5.78. The minimum atomic E-state index is -0.275. The molecular weight excluding hydrogens is 386 g/mol. The molecule has 0 radical (unpaired) electrons. The molecule has 0 bridgehead atoms. The Morgan fingerprint density at radius 2 is 1.83 bits per heavy atom. The lowest BCUT2D eigenvalue weighted by Crippen LogP contribution is -2.43. The van der Waals surface area contributed by atoms with Crippen LogP contribution in [0.1, 0.15) is 25.5 Å². The first-order chi connectivity index (χ1) is 14.4. The van der Waals surface area contributed by atoms with Gasteiger partial charge >= 0.3 is 5.97 Å². The van der Waals surface area contributed by atoms with Gasteiger partial charge in [-0.3, -0.25) is 19.0 Å². The van der Waals surface area contributed by atoms with Crippen molar-refractivity contribution in [1.82, 2.24) is 14.5 Å². The number of nitrogens with zero attached hydrogens (tertiary/aromatic N) is 3. The second kappa shape index (κ2) is 9.56. The molecule has 1 aliphatic heterocycles. The van der Waals surface area contributed by atoms with Crippen molar-refractivity contribution < 1.29 is 19.1 Å². The van der Waals surface area contributed by atoms with Crippen LogP contribution in [0.4, 0.5) is 0 Å². The van der Waals surface area contributed by atoms with Gasteiger partial charge in [0, 0.05) is 30.4 Å². The van der Waals surface area contributed by atoms with Crippen LogP contribution >= 0.6 is 0 Å². The lowest BCUT2D eigenvalue weighted by Gasteiger charge is -2.31. The lowest BCUT2D eigenvalue weighted by atomic mass is 9.97. The van der Waals surface area contributed by atoms with Crippen LogP contribution in [-0.2, 0) is 20.9 Å². The SMILES string of the molecule is CCOC(=O)C1CCN(C(=O)Cn2c(-c3ccc(OC)cc3)nc(C)cc2=O)CC1. The van der Waals surface area contributed by atoms with E-state index in [1.807, 2.05) is 12.1 Å². The molecule has 0 N–H and O–H groups in total. The number of aryl methyl sites for hydroxylation is 1. The molecule has 1 aromatic heterocycles. The predicted molar refractivity (Wildman–Crippen MR) is 111 cm³/mol. The average molecular weight is 413 g/mol. The van der Waals surface area contributed by atoms with E-state index in [1.54, 1.807) is 38.0 Å². The van der Waals surface area contributed by atoms with E-state index < -0.39 is 0 Å². The average Bonchev–Trinajstić information content (AvgIpc) is 2.75. The Bertz CT molecular complexity index is 960. The number of amides is 1. The number of carbonyl (C=O) groups is 2. The standard InChI is InChI=1S/C22H27N3O5/c1-4-30-22(28)17-9-11-24(12-10-17)20(27)14-25-19(26)13-15(2)23-21(25)16-5-7-18(29-3)8-6-16/h5-8,13,17H,4,9-12,14H2,1-3H3. The van der Waals surface area contributed by atoms with E-state index >= 15 is 0 Å². The third-order valence-corrected chi connectivity index (χ3v) is 5.25. The summed E-state index contributed by atoms with van der Waals surface area (Å²) in [5, 5.41) is 0. The fourth-order valence-corrected chi connectivity index (χ4v) is 3.59. The fraction of sp³-hybridized carbons (Fsp3) is 0.455. The zero-order valence-electron chi connectivity index (χ0n) is 17.6. The van der Waals surface area contributed by atoms with Crippen LogP contribution in [0.5, 0.6) is 5.75 Å². The first-order valence-electron chi connectivity index (χ1n) is 10.1. The van der Waals surface area contributed by atoms with E-state index in [1.165, 1.54) is 10.6 Å². The largest absolute Gasteiger partial charge is 0.497 e. The topological polar surface area (TPSA) is 90.7 Å². The molecule has 0 aliphatic carbocycles. The van der Waals surface area contributed by atoms with Crippen molar-refractivity contribution in [3.05, 3.63) is 46.4 Å². The minimum absolute atomic E-state index is 0.0997. The molecule has 8 heteroatoms. The second-order valence-corrected chi connectivity index (χ2v) is 7.28. The Kier molecular flexibility index (Phi) is 6.87. The molecule has 1 aliphatic rings.